The average molecular weight is 741 g/mol. The molecule has 6 aromatic rings. The Morgan fingerprint density at radius 1 is 0.927 bits per heavy atom. The number of carbonyl (C=O) groups is 2. The zero-order valence-corrected chi connectivity index (χ0v) is 31.5. The van der Waals surface area contributed by atoms with Crippen molar-refractivity contribution in [1.29, 1.82) is 0 Å². The van der Waals surface area contributed by atoms with Gasteiger partial charge in [0.15, 0.2) is 5.82 Å². The lowest BCUT2D eigenvalue weighted by Crippen LogP contribution is -2.33. The van der Waals surface area contributed by atoms with Gasteiger partial charge in [-0.3, -0.25) is 9.38 Å². The van der Waals surface area contributed by atoms with E-state index >= 15 is 0 Å². The minimum atomic E-state index is -0.610. The number of aromatic nitrogens is 3. The molecule has 0 atom stereocenters. The SMILES string of the molecule is CCOC(=O)c1cn2c(-c3ccccc3)c(N(Cc3ccccc3)Cc3ccccc3)cc2nc1N=Cc1cc(F)cnc1CCCNC(=O)OC(C)(C)C. The smallest absolute Gasteiger partial charge is 0.407 e. The van der Waals surface area contributed by atoms with Gasteiger partial charge in [-0.15, -0.1) is 0 Å². The van der Waals surface area contributed by atoms with E-state index in [1.165, 1.54) is 12.3 Å². The molecule has 0 saturated carbocycles. The summed E-state index contributed by atoms with van der Waals surface area (Å²) in [5, 5.41) is 2.74. The minimum absolute atomic E-state index is 0.120. The fourth-order valence-corrected chi connectivity index (χ4v) is 6.17. The molecular formula is C44H45FN6O4. The Balaban J connectivity index is 1.41. The van der Waals surface area contributed by atoms with Crippen LogP contribution in [-0.2, 0) is 29.0 Å². The van der Waals surface area contributed by atoms with E-state index in [0.717, 1.165) is 34.3 Å². The number of pyridine rings is 1. The molecule has 0 aliphatic carbocycles. The number of rotatable bonds is 14. The van der Waals surface area contributed by atoms with Crippen molar-refractivity contribution in [3.05, 3.63) is 149 Å². The molecule has 1 N–H and O–H groups in total. The normalized spacial score (nSPS) is 11.5. The summed E-state index contributed by atoms with van der Waals surface area (Å²) in [6.07, 6.45) is 4.76. The number of carbonyl (C=O) groups excluding carboxylic acids is 2. The third kappa shape index (κ3) is 10.2. The van der Waals surface area contributed by atoms with Crippen molar-refractivity contribution in [1.82, 2.24) is 19.7 Å². The Morgan fingerprint density at radius 2 is 1.56 bits per heavy atom. The number of aliphatic imine (C=N–C) groups is 1. The number of hydrogen-bond donors (Lipinski definition) is 1. The summed E-state index contributed by atoms with van der Waals surface area (Å²) >= 11 is 0. The topological polar surface area (TPSA) is 110 Å². The van der Waals surface area contributed by atoms with E-state index in [-0.39, 0.29) is 18.0 Å². The van der Waals surface area contributed by atoms with Crippen molar-refractivity contribution < 1.29 is 23.5 Å². The molecule has 3 aromatic carbocycles. The summed E-state index contributed by atoms with van der Waals surface area (Å²) in [5.41, 5.74) is 6.08. The van der Waals surface area contributed by atoms with E-state index in [1.807, 2.05) is 77.2 Å². The number of halogens is 1. The Morgan fingerprint density at radius 3 is 2.18 bits per heavy atom. The van der Waals surface area contributed by atoms with Crippen LogP contribution < -0.4 is 10.2 Å². The van der Waals surface area contributed by atoms with Gasteiger partial charge in [0.05, 0.1) is 24.2 Å². The van der Waals surface area contributed by atoms with Gasteiger partial charge in [0, 0.05) is 54.9 Å². The van der Waals surface area contributed by atoms with Gasteiger partial charge in [0.2, 0.25) is 0 Å². The number of benzene rings is 3. The van der Waals surface area contributed by atoms with Crippen LogP contribution >= 0.6 is 0 Å². The van der Waals surface area contributed by atoms with Crippen LogP contribution in [0.3, 0.4) is 0 Å². The largest absolute Gasteiger partial charge is 0.462 e. The van der Waals surface area contributed by atoms with Gasteiger partial charge in [-0.05, 0) is 57.7 Å². The minimum Gasteiger partial charge on any atom is -0.462 e. The highest BCUT2D eigenvalue weighted by molar-refractivity contribution is 5.96. The van der Waals surface area contributed by atoms with Gasteiger partial charge in [-0.25, -0.2) is 24.0 Å². The predicted molar refractivity (Wildman–Crippen MR) is 213 cm³/mol. The first-order chi connectivity index (χ1) is 26.6. The highest BCUT2D eigenvalue weighted by Gasteiger charge is 2.24. The van der Waals surface area contributed by atoms with Gasteiger partial charge in [-0.2, -0.15) is 0 Å². The second-order valence-electron chi connectivity index (χ2n) is 14.0. The molecule has 6 rings (SSSR count). The molecule has 0 spiro atoms. The number of ether oxygens (including phenoxy) is 2. The molecule has 282 valence electrons. The number of nitrogens with zero attached hydrogens (tertiary/aromatic N) is 5. The number of esters is 1. The number of hydrogen-bond acceptors (Lipinski definition) is 8. The summed E-state index contributed by atoms with van der Waals surface area (Å²) in [4.78, 5) is 41.9. The molecule has 0 aliphatic heterocycles. The van der Waals surface area contributed by atoms with Crippen LogP contribution in [0.4, 0.5) is 20.7 Å². The van der Waals surface area contributed by atoms with Crippen molar-refractivity contribution in [2.75, 3.05) is 18.1 Å². The monoisotopic (exact) mass is 740 g/mol. The van der Waals surface area contributed by atoms with Crippen molar-refractivity contribution in [3.63, 3.8) is 0 Å². The lowest BCUT2D eigenvalue weighted by Gasteiger charge is -2.26. The lowest BCUT2D eigenvalue weighted by atomic mass is 10.1. The van der Waals surface area contributed by atoms with Gasteiger partial charge < -0.3 is 19.7 Å². The van der Waals surface area contributed by atoms with E-state index in [9.17, 15) is 14.0 Å². The highest BCUT2D eigenvalue weighted by Crippen LogP contribution is 2.37. The summed E-state index contributed by atoms with van der Waals surface area (Å²) in [7, 11) is 0. The summed E-state index contributed by atoms with van der Waals surface area (Å²) in [6, 6.07) is 33.9. The van der Waals surface area contributed by atoms with Gasteiger partial charge in [0.25, 0.3) is 0 Å². The van der Waals surface area contributed by atoms with Crippen LogP contribution in [0.1, 0.15) is 66.9 Å². The molecule has 10 nitrogen and oxygen atoms in total. The number of anilines is 1. The second kappa shape index (κ2) is 17.6. The van der Waals surface area contributed by atoms with Crippen LogP contribution in [-0.4, -0.2) is 51.4 Å². The van der Waals surface area contributed by atoms with Crippen LogP contribution in [0.5, 0.6) is 0 Å². The van der Waals surface area contributed by atoms with Crippen molar-refractivity contribution in [3.8, 4) is 11.3 Å². The third-order valence-corrected chi connectivity index (χ3v) is 8.59. The number of aryl methyl sites for hydroxylation is 1. The van der Waals surface area contributed by atoms with Crippen LogP contribution in [0.15, 0.2) is 121 Å². The second-order valence-corrected chi connectivity index (χ2v) is 14.0. The molecule has 0 bridgehead atoms. The maximum absolute atomic E-state index is 14.5. The standard InChI is InChI=1S/C44H45FN6O4/c1-5-54-42(52)36-30-51-39(49-41(36)48-26-34-24-35(45)27-47-37(34)22-15-23-46-43(53)55-44(2,3)4)25-38(40(51)33-20-13-8-14-21-33)50(28-31-16-9-6-10-17-31)29-32-18-11-7-12-19-32/h6-14,16-21,24-27,30H,5,15,22-23,28-29H2,1-4H3,(H,46,53). The number of nitrogens with one attached hydrogen (secondary N) is 1. The summed E-state index contributed by atoms with van der Waals surface area (Å²) in [6.45, 7) is 8.85. The van der Waals surface area contributed by atoms with Crippen molar-refractivity contribution >= 4 is 35.4 Å². The summed E-state index contributed by atoms with van der Waals surface area (Å²) in [5.74, 6) is -1.00. The quantitative estimate of drug-likeness (QED) is 0.0674. The van der Waals surface area contributed by atoms with Crippen LogP contribution in [0, 0.1) is 5.82 Å². The van der Waals surface area contributed by atoms with E-state index in [4.69, 9.17) is 14.5 Å². The number of fused-ring (bicyclic) bond motifs is 1. The number of amides is 1. The lowest BCUT2D eigenvalue weighted by molar-refractivity contribution is 0.0516. The Labute approximate surface area is 320 Å². The fourth-order valence-electron chi connectivity index (χ4n) is 6.17. The maximum Gasteiger partial charge on any atom is 0.407 e. The molecule has 11 heteroatoms. The summed E-state index contributed by atoms with van der Waals surface area (Å²) < 4.78 is 27.3. The molecule has 0 fully saturated rings. The Hall–Kier alpha value is -6.36. The van der Waals surface area contributed by atoms with Crippen LogP contribution in [0.25, 0.3) is 16.9 Å². The van der Waals surface area contributed by atoms with E-state index in [0.29, 0.717) is 49.4 Å². The van der Waals surface area contributed by atoms with Crippen molar-refractivity contribution in [2.45, 2.75) is 59.2 Å². The van der Waals surface area contributed by atoms with E-state index in [2.05, 4.69) is 44.5 Å². The van der Waals surface area contributed by atoms with E-state index in [1.54, 1.807) is 33.9 Å². The van der Waals surface area contributed by atoms with E-state index < -0.39 is 23.5 Å². The maximum atomic E-state index is 14.5. The molecule has 0 saturated heterocycles. The first kappa shape index (κ1) is 38.4. The molecule has 1 amide bonds. The zero-order valence-electron chi connectivity index (χ0n) is 31.5. The zero-order chi connectivity index (χ0) is 38.8. The molecule has 0 unspecified atom stereocenters. The highest BCUT2D eigenvalue weighted by atomic mass is 19.1. The molecule has 55 heavy (non-hydrogen) atoms. The predicted octanol–water partition coefficient (Wildman–Crippen LogP) is 9.13. The first-order valence-corrected chi connectivity index (χ1v) is 18.3. The van der Waals surface area contributed by atoms with Gasteiger partial charge in [-0.1, -0.05) is 91.0 Å². The Bertz CT molecular complexity index is 2210. The van der Waals surface area contributed by atoms with Crippen LogP contribution in [0.2, 0.25) is 0 Å². The average Bonchev–Trinajstić information content (AvgIpc) is 3.54. The third-order valence-electron chi connectivity index (χ3n) is 8.59. The van der Waals surface area contributed by atoms with Gasteiger partial charge >= 0.3 is 12.1 Å². The fraction of sp³-hybridized carbons (Fsp3) is 0.250. The Kier molecular flexibility index (Phi) is 12.3. The van der Waals surface area contributed by atoms with Crippen molar-refractivity contribution in [2.24, 2.45) is 4.99 Å². The molecule has 3 heterocycles. The molecule has 0 aliphatic rings. The molecule has 0 radical (unpaired) electrons. The molecule has 3 aromatic heterocycles. The molecular weight excluding hydrogens is 696 g/mol. The number of alkyl carbamates (subject to hydrolysis) is 1. The first-order valence-electron chi connectivity index (χ1n) is 18.3. The van der Waals surface area contributed by atoms with Gasteiger partial charge in [0.1, 0.15) is 22.6 Å².